The Morgan fingerprint density at radius 3 is 2.63 bits per heavy atom. The first-order valence-corrected chi connectivity index (χ1v) is 8.95. The number of carbonyl (C=O) groups excluding carboxylic acids is 3. The van der Waals surface area contributed by atoms with E-state index in [-0.39, 0.29) is 5.97 Å². The monoisotopic (exact) mass is 367 g/mol. The number of benzene rings is 2. The zero-order valence-corrected chi connectivity index (χ0v) is 15.1. The van der Waals surface area contributed by atoms with Gasteiger partial charge in [0.25, 0.3) is 5.91 Å². The van der Waals surface area contributed by atoms with Gasteiger partial charge in [0, 0.05) is 12.1 Å². The van der Waals surface area contributed by atoms with Crippen molar-refractivity contribution in [3.8, 4) is 0 Å². The lowest BCUT2D eigenvalue weighted by molar-refractivity contribution is -0.125. The molecule has 0 saturated carbocycles. The van der Waals surface area contributed by atoms with Gasteiger partial charge < -0.3 is 14.8 Å². The smallest absolute Gasteiger partial charge is 0.339 e. The van der Waals surface area contributed by atoms with Crippen molar-refractivity contribution < 1.29 is 23.9 Å². The van der Waals surface area contributed by atoms with E-state index in [0.29, 0.717) is 29.8 Å². The molecule has 0 aromatic heterocycles. The van der Waals surface area contributed by atoms with E-state index in [2.05, 4.69) is 5.32 Å². The summed E-state index contributed by atoms with van der Waals surface area (Å²) in [5.41, 5.74) is 2.22. The molecule has 1 unspecified atom stereocenters. The lowest BCUT2D eigenvalue weighted by Gasteiger charge is -2.23. The van der Waals surface area contributed by atoms with Crippen LogP contribution < -0.4 is 5.32 Å². The van der Waals surface area contributed by atoms with E-state index in [4.69, 9.17) is 9.47 Å². The number of unbranched alkanes of at least 4 members (excludes halogenated alkanes) is 1. The maximum atomic E-state index is 12.4. The molecule has 140 valence electrons. The maximum Gasteiger partial charge on any atom is 0.339 e. The molecule has 0 aliphatic carbocycles. The average molecular weight is 367 g/mol. The number of amides is 1. The van der Waals surface area contributed by atoms with Crippen LogP contribution in [0.25, 0.3) is 0 Å². The molecule has 1 atom stereocenters. The summed E-state index contributed by atoms with van der Waals surface area (Å²) in [6.07, 6.45) is 1.22. The van der Waals surface area contributed by atoms with E-state index < -0.39 is 18.0 Å². The van der Waals surface area contributed by atoms with Crippen LogP contribution in [0.3, 0.4) is 0 Å². The van der Waals surface area contributed by atoms with Crippen LogP contribution >= 0.6 is 0 Å². The van der Waals surface area contributed by atoms with E-state index in [1.807, 2.05) is 19.1 Å². The largest absolute Gasteiger partial charge is 0.462 e. The SMILES string of the molecule is CCCCOC(=O)c1ccc(NC(=O)C2Cc3ccccc3C(=O)O2)cc1. The van der Waals surface area contributed by atoms with Gasteiger partial charge in [0.15, 0.2) is 6.10 Å². The fourth-order valence-corrected chi connectivity index (χ4v) is 2.78. The van der Waals surface area contributed by atoms with Gasteiger partial charge >= 0.3 is 11.9 Å². The highest BCUT2D eigenvalue weighted by Gasteiger charge is 2.31. The molecule has 0 saturated heterocycles. The number of esters is 2. The van der Waals surface area contributed by atoms with Crippen molar-refractivity contribution in [2.75, 3.05) is 11.9 Å². The normalized spacial score (nSPS) is 15.4. The molecule has 0 spiro atoms. The van der Waals surface area contributed by atoms with Gasteiger partial charge in [-0.05, 0) is 42.3 Å². The lowest BCUT2D eigenvalue weighted by Crippen LogP contribution is -2.37. The number of fused-ring (bicyclic) bond motifs is 1. The molecule has 1 aliphatic heterocycles. The third kappa shape index (κ3) is 4.53. The minimum absolute atomic E-state index is 0.329. The van der Waals surface area contributed by atoms with Crippen LogP contribution in [0, 0.1) is 0 Å². The molecule has 0 bridgehead atoms. The zero-order valence-electron chi connectivity index (χ0n) is 15.1. The van der Waals surface area contributed by atoms with Crippen molar-refractivity contribution in [3.63, 3.8) is 0 Å². The predicted octanol–water partition coefficient (Wildman–Crippen LogP) is 3.36. The highest BCUT2D eigenvalue weighted by atomic mass is 16.5. The molecule has 6 nitrogen and oxygen atoms in total. The Bertz CT molecular complexity index is 844. The molecule has 6 heteroatoms. The van der Waals surface area contributed by atoms with Gasteiger partial charge in [-0.25, -0.2) is 9.59 Å². The van der Waals surface area contributed by atoms with Gasteiger partial charge in [0.1, 0.15) is 0 Å². The fraction of sp³-hybridized carbons (Fsp3) is 0.286. The summed E-state index contributed by atoms with van der Waals surface area (Å²) < 4.78 is 10.4. The Kier molecular flexibility index (Phi) is 5.86. The van der Waals surface area contributed by atoms with Crippen molar-refractivity contribution in [2.45, 2.75) is 32.3 Å². The van der Waals surface area contributed by atoms with Crippen molar-refractivity contribution in [3.05, 3.63) is 65.2 Å². The molecular formula is C21H21NO5. The molecule has 1 heterocycles. The van der Waals surface area contributed by atoms with E-state index in [0.717, 1.165) is 18.4 Å². The van der Waals surface area contributed by atoms with Gasteiger partial charge in [0.05, 0.1) is 17.7 Å². The topological polar surface area (TPSA) is 81.7 Å². The minimum Gasteiger partial charge on any atom is -0.462 e. The van der Waals surface area contributed by atoms with E-state index in [9.17, 15) is 14.4 Å². The van der Waals surface area contributed by atoms with E-state index >= 15 is 0 Å². The second-order valence-corrected chi connectivity index (χ2v) is 6.31. The van der Waals surface area contributed by atoms with Gasteiger partial charge in [-0.3, -0.25) is 4.79 Å². The summed E-state index contributed by atoms with van der Waals surface area (Å²) in [5.74, 6) is -1.29. The van der Waals surface area contributed by atoms with Gasteiger partial charge in [0.2, 0.25) is 0 Å². The second kappa shape index (κ2) is 8.49. The van der Waals surface area contributed by atoms with Crippen molar-refractivity contribution in [1.29, 1.82) is 0 Å². The predicted molar refractivity (Wildman–Crippen MR) is 99.6 cm³/mol. The molecule has 27 heavy (non-hydrogen) atoms. The average Bonchev–Trinajstić information content (AvgIpc) is 2.68. The number of nitrogens with one attached hydrogen (secondary N) is 1. The molecule has 2 aromatic rings. The molecule has 0 fully saturated rings. The van der Waals surface area contributed by atoms with Crippen LogP contribution in [-0.4, -0.2) is 30.6 Å². The molecule has 1 aliphatic rings. The van der Waals surface area contributed by atoms with Crippen LogP contribution in [0.4, 0.5) is 5.69 Å². The highest BCUT2D eigenvalue weighted by molar-refractivity contribution is 6.00. The molecule has 2 aromatic carbocycles. The van der Waals surface area contributed by atoms with Crippen molar-refractivity contribution in [2.24, 2.45) is 0 Å². The zero-order chi connectivity index (χ0) is 19.2. The Hall–Kier alpha value is -3.15. The summed E-state index contributed by atoms with van der Waals surface area (Å²) in [6.45, 7) is 2.41. The molecular weight excluding hydrogens is 346 g/mol. The van der Waals surface area contributed by atoms with Gasteiger partial charge in [-0.15, -0.1) is 0 Å². The van der Waals surface area contributed by atoms with Crippen LogP contribution in [0.1, 0.15) is 46.0 Å². The summed E-state index contributed by atoms with van der Waals surface area (Å²) >= 11 is 0. The second-order valence-electron chi connectivity index (χ2n) is 6.31. The number of carbonyl (C=O) groups is 3. The van der Waals surface area contributed by atoms with Crippen LogP contribution in [-0.2, 0) is 20.7 Å². The van der Waals surface area contributed by atoms with Gasteiger partial charge in [-0.1, -0.05) is 31.5 Å². The maximum absolute atomic E-state index is 12.4. The fourth-order valence-electron chi connectivity index (χ4n) is 2.78. The van der Waals surface area contributed by atoms with E-state index in [1.165, 1.54) is 0 Å². The minimum atomic E-state index is -0.883. The molecule has 1 N–H and O–H groups in total. The van der Waals surface area contributed by atoms with Crippen LogP contribution in [0.15, 0.2) is 48.5 Å². The summed E-state index contributed by atoms with van der Waals surface area (Å²) in [7, 11) is 0. The summed E-state index contributed by atoms with van der Waals surface area (Å²) in [6, 6.07) is 13.5. The quantitative estimate of drug-likeness (QED) is 0.625. The Morgan fingerprint density at radius 1 is 1.15 bits per heavy atom. The summed E-state index contributed by atoms with van der Waals surface area (Å²) in [4.78, 5) is 36.3. The Morgan fingerprint density at radius 2 is 1.89 bits per heavy atom. The first kappa shape index (κ1) is 18.6. The van der Waals surface area contributed by atoms with Gasteiger partial charge in [-0.2, -0.15) is 0 Å². The highest BCUT2D eigenvalue weighted by Crippen LogP contribution is 2.21. The standard InChI is InChI=1S/C21H21NO5/c1-2-3-12-26-20(24)14-8-10-16(11-9-14)22-19(23)18-13-15-6-4-5-7-17(15)21(25)27-18/h4-11,18H,2-3,12-13H2,1H3,(H,22,23). The molecule has 1 amide bonds. The first-order valence-electron chi connectivity index (χ1n) is 8.95. The number of ether oxygens (including phenoxy) is 2. The first-order chi connectivity index (χ1) is 13.1. The Balaban J connectivity index is 1.60. The van der Waals surface area contributed by atoms with Crippen LogP contribution in [0.2, 0.25) is 0 Å². The third-order valence-corrected chi connectivity index (χ3v) is 4.30. The van der Waals surface area contributed by atoms with E-state index in [1.54, 1.807) is 36.4 Å². The lowest BCUT2D eigenvalue weighted by atomic mass is 9.98. The third-order valence-electron chi connectivity index (χ3n) is 4.30. The number of hydrogen-bond donors (Lipinski definition) is 1. The molecule has 0 radical (unpaired) electrons. The van der Waals surface area contributed by atoms with Crippen LogP contribution in [0.5, 0.6) is 0 Å². The summed E-state index contributed by atoms with van der Waals surface area (Å²) in [5, 5.41) is 2.71. The number of cyclic esters (lactones) is 1. The van der Waals surface area contributed by atoms with Crippen molar-refractivity contribution in [1.82, 2.24) is 0 Å². The number of hydrogen-bond acceptors (Lipinski definition) is 5. The Labute approximate surface area is 157 Å². The number of anilines is 1. The number of rotatable bonds is 6. The molecule has 3 rings (SSSR count). The van der Waals surface area contributed by atoms with Crippen molar-refractivity contribution >= 4 is 23.5 Å².